The molecule has 1 aromatic heterocycles. The fourth-order valence-electron chi connectivity index (χ4n) is 4.97. The number of aliphatic carboxylic acids is 1. The van der Waals surface area contributed by atoms with Gasteiger partial charge in [-0.05, 0) is 59.9 Å². The Balaban J connectivity index is 1.52. The first-order valence-corrected chi connectivity index (χ1v) is 14.1. The van der Waals surface area contributed by atoms with Crippen molar-refractivity contribution in [3.63, 3.8) is 0 Å². The molecule has 0 saturated heterocycles. The summed E-state index contributed by atoms with van der Waals surface area (Å²) in [5, 5.41) is 18.0. The van der Waals surface area contributed by atoms with Crippen LogP contribution >= 0.6 is 10.8 Å². The van der Waals surface area contributed by atoms with E-state index in [1.54, 1.807) is 27.2 Å². The number of benzene rings is 3. The first-order valence-electron chi connectivity index (χ1n) is 12.6. The number of hydrogen-bond acceptors (Lipinski definition) is 7. The quantitative estimate of drug-likeness (QED) is 0.280. The zero-order valence-corrected chi connectivity index (χ0v) is 22.4. The molecule has 3 aromatic carbocycles. The highest BCUT2D eigenvalue weighted by molar-refractivity contribution is 8.22. The fraction of sp³-hybridized carbons (Fsp3) is 0.321. The van der Waals surface area contributed by atoms with Crippen LogP contribution in [0.25, 0.3) is 11.0 Å². The molecule has 0 saturated carbocycles. The van der Waals surface area contributed by atoms with E-state index in [1.807, 2.05) is 63.4 Å². The maximum atomic E-state index is 11.9. The number of nitrogens with zero attached hydrogens (tertiary/aromatic N) is 4. The molecule has 2 atom stereocenters. The highest BCUT2D eigenvalue weighted by Gasteiger charge is 2.35. The van der Waals surface area contributed by atoms with Crippen LogP contribution in [-0.2, 0) is 18.4 Å². The number of aryl methyl sites for hydroxylation is 2. The number of fused-ring (bicyclic) bond motifs is 2. The van der Waals surface area contributed by atoms with E-state index in [0.29, 0.717) is 29.1 Å². The van der Waals surface area contributed by atoms with E-state index in [4.69, 9.17) is 4.74 Å². The van der Waals surface area contributed by atoms with Crippen LogP contribution < -0.4 is 4.74 Å². The van der Waals surface area contributed by atoms with Crippen molar-refractivity contribution in [3.05, 3.63) is 82.9 Å². The minimum Gasteiger partial charge on any atom is -0.487 e. The van der Waals surface area contributed by atoms with Gasteiger partial charge in [-0.15, -0.1) is 15.9 Å². The molecule has 2 unspecified atom stereocenters. The van der Waals surface area contributed by atoms with E-state index in [2.05, 4.69) is 10.3 Å². The van der Waals surface area contributed by atoms with E-state index in [-0.39, 0.29) is 19.1 Å². The van der Waals surface area contributed by atoms with Gasteiger partial charge < -0.3 is 9.84 Å². The molecule has 0 fully saturated rings. The Morgan fingerprint density at radius 1 is 1.13 bits per heavy atom. The Labute approximate surface area is 223 Å². The summed E-state index contributed by atoms with van der Waals surface area (Å²) in [5.74, 6) is -0.818. The van der Waals surface area contributed by atoms with Crippen LogP contribution in [0.1, 0.15) is 47.9 Å². The summed E-state index contributed by atoms with van der Waals surface area (Å²) in [4.78, 5) is 12.3. The van der Waals surface area contributed by atoms with Gasteiger partial charge in [0.05, 0.1) is 18.5 Å². The predicted molar refractivity (Wildman–Crippen MR) is 146 cm³/mol. The van der Waals surface area contributed by atoms with Crippen molar-refractivity contribution in [2.75, 3.05) is 6.54 Å². The third-order valence-corrected chi connectivity index (χ3v) is 9.12. The molecule has 0 bridgehead atoms. The van der Waals surface area contributed by atoms with Crippen molar-refractivity contribution in [3.8, 4) is 5.75 Å². The second-order valence-electron chi connectivity index (χ2n) is 9.73. The molecule has 200 valence electrons. The summed E-state index contributed by atoms with van der Waals surface area (Å²) in [6.45, 7) is 4.61. The molecular weight excluding hydrogens is 504 g/mol. The molecule has 0 aliphatic carbocycles. The monoisotopic (exact) mass is 536 g/mol. The summed E-state index contributed by atoms with van der Waals surface area (Å²) in [7, 11) is -1.49. The Kier molecular flexibility index (Phi) is 7.15. The predicted octanol–water partition coefficient (Wildman–Crippen LogP) is 5.58. The van der Waals surface area contributed by atoms with Gasteiger partial charge in [-0.2, -0.15) is 4.31 Å². The van der Waals surface area contributed by atoms with Crippen LogP contribution in [0, 0.1) is 6.92 Å². The minimum absolute atomic E-state index is 0.0910. The standard InChI is InChI=1S/C28H32N4O5S/c1-4-22-17-32(38(35,36)27-8-6-5-7-26(27)37-22)16-21-13-19(10-9-18(21)2)23(15-28(33)34)20-11-12-25-24(14-20)29-30-31(25)3/h5-14,22-23,35-36H,4,15-17H2,1-3H3,(H,33,34). The number of hydrogen-bond donors (Lipinski definition) is 3. The number of ether oxygens (including phenoxy) is 1. The zero-order valence-electron chi connectivity index (χ0n) is 21.6. The SMILES string of the molecule is CCC1CN(Cc2cc(C(CC(=O)O)c3ccc4c(c3)nnn4C)ccc2C)S(O)(O)c2ccccc2O1. The van der Waals surface area contributed by atoms with Crippen LogP contribution in [0.15, 0.2) is 65.6 Å². The summed E-state index contributed by atoms with van der Waals surface area (Å²) < 4.78 is 32.3. The van der Waals surface area contributed by atoms with E-state index >= 15 is 0 Å². The molecule has 5 rings (SSSR count). The summed E-state index contributed by atoms with van der Waals surface area (Å²) in [6, 6.07) is 18.7. The first-order chi connectivity index (χ1) is 18.2. The highest BCUT2D eigenvalue weighted by atomic mass is 32.3. The van der Waals surface area contributed by atoms with E-state index in [9.17, 15) is 19.0 Å². The summed E-state index contributed by atoms with van der Waals surface area (Å²) in [6.07, 6.45) is 0.420. The van der Waals surface area contributed by atoms with Gasteiger partial charge in [-0.25, -0.2) is 4.68 Å². The lowest BCUT2D eigenvalue weighted by atomic mass is 9.86. The van der Waals surface area contributed by atoms with Crippen LogP contribution in [0.4, 0.5) is 0 Å². The largest absolute Gasteiger partial charge is 0.487 e. The number of rotatable bonds is 7. The van der Waals surface area contributed by atoms with Crippen molar-refractivity contribution in [1.82, 2.24) is 19.3 Å². The molecule has 0 amide bonds. The van der Waals surface area contributed by atoms with Gasteiger partial charge in [0.25, 0.3) is 0 Å². The summed E-state index contributed by atoms with van der Waals surface area (Å²) in [5.41, 5.74) is 5.12. The lowest BCUT2D eigenvalue weighted by molar-refractivity contribution is -0.137. The number of carboxylic acid groups (broad SMARTS) is 1. The maximum Gasteiger partial charge on any atom is 0.304 e. The topological polar surface area (TPSA) is 121 Å². The third-order valence-electron chi connectivity index (χ3n) is 7.20. The second-order valence-corrected chi connectivity index (χ2v) is 11.7. The average Bonchev–Trinajstić information content (AvgIpc) is 3.22. The van der Waals surface area contributed by atoms with Gasteiger partial charge in [-0.3, -0.25) is 13.9 Å². The summed E-state index contributed by atoms with van der Waals surface area (Å²) >= 11 is 0. The van der Waals surface area contributed by atoms with E-state index < -0.39 is 22.7 Å². The molecule has 1 aliphatic rings. The molecule has 38 heavy (non-hydrogen) atoms. The Bertz CT molecular complexity index is 1490. The van der Waals surface area contributed by atoms with Crippen molar-refractivity contribution >= 4 is 27.8 Å². The third kappa shape index (κ3) is 5.00. The highest BCUT2D eigenvalue weighted by Crippen LogP contribution is 2.57. The Hall–Kier alpha value is -3.44. The normalized spacial score (nSPS) is 18.8. The molecule has 9 nitrogen and oxygen atoms in total. The smallest absolute Gasteiger partial charge is 0.304 e. The van der Waals surface area contributed by atoms with Gasteiger partial charge >= 0.3 is 5.97 Å². The van der Waals surface area contributed by atoms with Crippen LogP contribution in [0.5, 0.6) is 5.75 Å². The number of carbonyl (C=O) groups is 1. The number of para-hydroxylation sites is 1. The molecule has 0 spiro atoms. The zero-order chi connectivity index (χ0) is 27.0. The average molecular weight is 537 g/mol. The van der Waals surface area contributed by atoms with Gasteiger partial charge in [0.15, 0.2) is 0 Å². The molecule has 2 heterocycles. The number of carboxylic acids is 1. The van der Waals surface area contributed by atoms with Crippen molar-refractivity contribution in [2.24, 2.45) is 7.05 Å². The molecule has 3 N–H and O–H groups in total. The van der Waals surface area contributed by atoms with Crippen molar-refractivity contribution in [1.29, 1.82) is 0 Å². The number of aromatic nitrogens is 3. The van der Waals surface area contributed by atoms with Gasteiger partial charge in [0.2, 0.25) is 0 Å². The van der Waals surface area contributed by atoms with E-state index in [0.717, 1.165) is 27.8 Å². The van der Waals surface area contributed by atoms with Gasteiger partial charge in [0.1, 0.15) is 22.3 Å². The molecule has 0 radical (unpaired) electrons. The van der Waals surface area contributed by atoms with Crippen LogP contribution in [-0.4, -0.2) is 52.1 Å². The maximum absolute atomic E-state index is 11.9. The van der Waals surface area contributed by atoms with E-state index in [1.165, 1.54) is 0 Å². The second kappa shape index (κ2) is 10.4. The molecule has 4 aromatic rings. The first kappa shape index (κ1) is 26.2. The Morgan fingerprint density at radius 2 is 1.87 bits per heavy atom. The Morgan fingerprint density at radius 3 is 2.63 bits per heavy atom. The minimum atomic E-state index is -3.31. The molecular formula is C28H32N4O5S. The van der Waals surface area contributed by atoms with Crippen molar-refractivity contribution in [2.45, 2.75) is 50.2 Å². The van der Waals surface area contributed by atoms with Crippen molar-refractivity contribution < 1.29 is 23.7 Å². The van der Waals surface area contributed by atoms with Crippen LogP contribution in [0.2, 0.25) is 0 Å². The molecule has 1 aliphatic heterocycles. The van der Waals surface area contributed by atoms with Gasteiger partial charge in [-0.1, -0.05) is 48.5 Å². The lowest BCUT2D eigenvalue weighted by Crippen LogP contribution is -2.34. The van der Waals surface area contributed by atoms with Crippen LogP contribution in [0.3, 0.4) is 0 Å². The fourth-order valence-corrected chi connectivity index (χ4v) is 6.59. The molecule has 10 heteroatoms. The van der Waals surface area contributed by atoms with Gasteiger partial charge in [0, 0.05) is 19.5 Å². The lowest BCUT2D eigenvalue weighted by Gasteiger charge is -2.42.